The lowest BCUT2D eigenvalue weighted by molar-refractivity contribution is -0.137. The van der Waals surface area contributed by atoms with Gasteiger partial charge in [-0.15, -0.1) is 5.92 Å². The number of carboxylic acids is 1. The smallest absolute Gasteiger partial charge is 0.303 e. The van der Waals surface area contributed by atoms with Gasteiger partial charge in [0.1, 0.15) is 6.10 Å². The second kappa shape index (κ2) is 11.5. The number of benzene rings is 1. The van der Waals surface area contributed by atoms with Crippen LogP contribution in [-0.4, -0.2) is 16.2 Å². The van der Waals surface area contributed by atoms with Gasteiger partial charge in [0.05, 0.1) is 0 Å². The Bertz CT molecular complexity index is 564. The van der Waals surface area contributed by atoms with Crippen LogP contribution >= 0.6 is 0 Å². The highest BCUT2D eigenvalue weighted by molar-refractivity contribution is 5.66. The van der Waals surface area contributed by atoms with Gasteiger partial charge in [-0.2, -0.15) is 0 Å². The van der Waals surface area contributed by atoms with Crippen LogP contribution < -0.4 is 0 Å². The molecule has 3 nitrogen and oxygen atoms in total. The maximum Gasteiger partial charge on any atom is 0.303 e. The Morgan fingerprint density at radius 2 is 2.04 bits per heavy atom. The summed E-state index contributed by atoms with van der Waals surface area (Å²) >= 11 is 0. The fourth-order valence-corrected chi connectivity index (χ4v) is 2.20. The number of carboxylic acid groups (broad SMARTS) is 1. The van der Waals surface area contributed by atoms with Crippen LogP contribution in [0.4, 0.5) is 0 Å². The molecule has 23 heavy (non-hydrogen) atoms. The SMILES string of the molecule is CCCCCC#CC(O)c1ccccc1/C=C/CCCC(=O)O. The van der Waals surface area contributed by atoms with Crippen molar-refractivity contribution in [2.45, 2.75) is 58.0 Å². The van der Waals surface area contributed by atoms with Crippen LogP contribution in [0.1, 0.15) is 69.1 Å². The minimum atomic E-state index is -0.781. The zero-order valence-electron chi connectivity index (χ0n) is 13.8. The molecule has 0 saturated carbocycles. The minimum absolute atomic E-state index is 0.178. The number of hydrogen-bond acceptors (Lipinski definition) is 2. The van der Waals surface area contributed by atoms with Crippen molar-refractivity contribution in [1.29, 1.82) is 0 Å². The van der Waals surface area contributed by atoms with E-state index < -0.39 is 12.1 Å². The van der Waals surface area contributed by atoms with Crippen LogP contribution in [0.15, 0.2) is 30.3 Å². The molecule has 2 N–H and O–H groups in total. The summed E-state index contributed by atoms with van der Waals surface area (Å²) in [4.78, 5) is 10.5. The summed E-state index contributed by atoms with van der Waals surface area (Å²) in [5.41, 5.74) is 1.73. The van der Waals surface area contributed by atoms with Crippen molar-refractivity contribution in [1.82, 2.24) is 0 Å². The van der Waals surface area contributed by atoms with E-state index in [0.717, 1.165) is 24.0 Å². The molecule has 0 saturated heterocycles. The molecular formula is C20H26O3. The highest BCUT2D eigenvalue weighted by atomic mass is 16.4. The van der Waals surface area contributed by atoms with Gasteiger partial charge in [0.25, 0.3) is 0 Å². The first-order valence-corrected chi connectivity index (χ1v) is 8.29. The highest BCUT2D eigenvalue weighted by Gasteiger charge is 2.07. The number of aliphatic hydroxyl groups is 1. The molecule has 1 aromatic carbocycles. The van der Waals surface area contributed by atoms with E-state index in [-0.39, 0.29) is 6.42 Å². The van der Waals surface area contributed by atoms with Gasteiger partial charge in [0.15, 0.2) is 0 Å². The predicted octanol–water partition coefficient (Wildman–Crippen LogP) is 4.57. The van der Waals surface area contributed by atoms with E-state index in [1.54, 1.807) is 0 Å². The van der Waals surface area contributed by atoms with Crippen LogP contribution in [0, 0.1) is 11.8 Å². The number of allylic oxidation sites excluding steroid dienone is 1. The molecule has 0 aromatic heterocycles. The van der Waals surface area contributed by atoms with Crippen molar-refractivity contribution in [3.63, 3.8) is 0 Å². The minimum Gasteiger partial charge on any atom is -0.481 e. The maximum absolute atomic E-state index is 10.5. The Kier molecular flexibility index (Phi) is 9.51. The lowest BCUT2D eigenvalue weighted by atomic mass is 10.0. The van der Waals surface area contributed by atoms with E-state index in [1.807, 2.05) is 36.4 Å². The number of hydrogen-bond donors (Lipinski definition) is 2. The predicted molar refractivity (Wildman–Crippen MR) is 93.8 cm³/mol. The van der Waals surface area contributed by atoms with Crippen molar-refractivity contribution < 1.29 is 15.0 Å². The molecule has 0 aliphatic rings. The van der Waals surface area contributed by atoms with Crippen LogP contribution in [0.25, 0.3) is 6.08 Å². The molecule has 124 valence electrons. The first kappa shape index (κ1) is 19.0. The third-order valence-corrected chi connectivity index (χ3v) is 3.49. The van der Waals surface area contributed by atoms with Gasteiger partial charge in [0, 0.05) is 12.8 Å². The second-order valence-corrected chi connectivity index (χ2v) is 5.50. The summed E-state index contributed by atoms with van der Waals surface area (Å²) in [6.45, 7) is 2.15. The summed E-state index contributed by atoms with van der Waals surface area (Å²) in [6.07, 6.45) is 8.82. The third kappa shape index (κ3) is 8.23. The Morgan fingerprint density at radius 3 is 2.78 bits per heavy atom. The zero-order chi connectivity index (χ0) is 16.9. The molecule has 0 aliphatic heterocycles. The lowest BCUT2D eigenvalue weighted by Crippen LogP contribution is -1.97. The molecule has 3 heteroatoms. The molecule has 0 bridgehead atoms. The largest absolute Gasteiger partial charge is 0.481 e. The van der Waals surface area contributed by atoms with E-state index in [0.29, 0.717) is 12.8 Å². The molecule has 0 radical (unpaired) electrons. The fraction of sp³-hybridized carbons (Fsp3) is 0.450. The van der Waals surface area contributed by atoms with Gasteiger partial charge in [-0.1, -0.05) is 62.1 Å². The van der Waals surface area contributed by atoms with Gasteiger partial charge in [-0.25, -0.2) is 0 Å². The van der Waals surface area contributed by atoms with Crippen molar-refractivity contribution in [2.24, 2.45) is 0 Å². The van der Waals surface area contributed by atoms with E-state index >= 15 is 0 Å². The van der Waals surface area contributed by atoms with Gasteiger partial charge < -0.3 is 10.2 Å². The summed E-state index contributed by atoms with van der Waals surface area (Å²) in [5, 5.41) is 18.9. The number of unbranched alkanes of at least 4 members (excludes halogenated alkanes) is 4. The number of aliphatic carboxylic acids is 1. The van der Waals surface area contributed by atoms with E-state index in [9.17, 15) is 9.90 Å². The molecule has 1 atom stereocenters. The molecule has 0 spiro atoms. The molecule has 1 unspecified atom stereocenters. The Labute approximate surface area is 139 Å². The summed E-state index contributed by atoms with van der Waals surface area (Å²) < 4.78 is 0. The monoisotopic (exact) mass is 314 g/mol. The van der Waals surface area contributed by atoms with Crippen LogP contribution in [0.3, 0.4) is 0 Å². The average molecular weight is 314 g/mol. The van der Waals surface area contributed by atoms with Crippen molar-refractivity contribution in [2.75, 3.05) is 0 Å². The van der Waals surface area contributed by atoms with Crippen molar-refractivity contribution in [3.05, 3.63) is 41.5 Å². The van der Waals surface area contributed by atoms with Crippen molar-refractivity contribution >= 4 is 12.0 Å². The molecule has 0 heterocycles. The van der Waals surface area contributed by atoms with Gasteiger partial charge >= 0.3 is 5.97 Å². The van der Waals surface area contributed by atoms with Crippen LogP contribution in [-0.2, 0) is 4.79 Å². The summed E-state index contributed by atoms with van der Waals surface area (Å²) in [6, 6.07) is 7.62. The second-order valence-electron chi connectivity index (χ2n) is 5.50. The normalized spacial score (nSPS) is 11.9. The first-order chi connectivity index (χ1) is 11.1. The van der Waals surface area contributed by atoms with E-state index in [4.69, 9.17) is 5.11 Å². The van der Waals surface area contributed by atoms with Crippen LogP contribution in [0.5, 0.6) is 0 Å². The van der Waals surface area contributed by atoms with E-state index in [2.05, 4.69) is 18.8 Å². The maximum atomic E-state index is 10.5. The molecule has 0 fully saturated rings. The number of rotatable bonds is 9. The zero-order valence-corrected chi connectivity index (χ0v) is 13.8. The molecule has 0 aliphatic carbocycles. The number of aliphatic hydroxyl groups excluding tert-OH is 1. The Hall–Kier alpha value is -2.05. The average Bonchev–Trinajstić information content (AvgIpc) is 2.54. The van der Waals surface area contributed by atoms with Gasteiger partial charge in [-0.05, 0) is 30.4 Å². The van der Waals surface area contributed by atoms with E-state index in [1.165, 1.54) is 12.8 Å². The van der Waals surface area contributed by atoms with Gasteiger partial charge in [-0.3, -0.25) is 4.79 Å². The Morgan fingerprint density at radius 1 is 1.26 bits per heavy atom. The number of carbonyl (C=O) groups is 1. The van der Waals surface area contributed by atoms with Crippen LogP contribution in [0.2, 0.25) is 0 Å². The summed E-state index contributed by atoms with van der Waals surface area (Å²) in [7, 11) is 0. The molecule has 1 rings (SSSR count). The summed E-state index contributed by atoms with van der Waals surface area (Å²) in [5.74, 6) is 5.18. The molecule has 1 aromatic rings. The van der Waals surface area contributed by atoms with Gasteiger partial charge in [0.2, 0.25) is 0 Å². The molecular weight excluding hydrogens is 288 g/mol. The topological polar surface area (TPSA) is 57.5 Å². The molecule has 0 amide bonds. The fourth-order valence-electron chi connectivity index (χ4n) is 2.20. The third-order valence-electron chi connectivity index (χ3n) is 3.49. The quantitative estimate of drug-likeness (QED) is 0.518. The highest BCUT2D eigenvalue weighted by Crippen LogP contribution is 2.19. The van der Waals surface area contributed by atoms with Crippen molar-refractivity contribution in [3.8, 4) is 11.8 Å². The Balaban J connectivity index is 2.61. The standard InChI is InChI=1S/C20H26O3/c1-2-3-4-5-8-15-19(21)18-14-11-10-13-17(18)12-7-6-9-16-20(22)23/h7,10-14,19,21H,2-6,9,16H2,1H3,(H,22,23)/b12-7+. The lowest BCUT2D eigenvalue weighted by Gasteiger charge is -2.08. The first-order valence-electron chi connectivity index (χ1n) is 8.29.